The minimum atomic E-state index is -1.17. The number of nitrogens with zero attached hydrogens (tertiary/aromatic N) is 6. The normalized spacial score (nSPS) is 20.6. The molecule has 1 amide bonds. The molecular formula is C22H30FN7O3S. The van der Waals surface area contributed by atoms with Gasteiger partial charge in [0.1, 0.15) is 6.61 Å². The first-order valence-electron chi connectivity index (χ1n) is 10.6. The van der Waals surface area contributed by atoms with E-state index < -0.39 is 17.3 Å². The van der Waals surface area contributed by atoms with Crippen molar-refractivity contribution in [2.75, 3.05) is 13.7 Å². The summed E-state index contributed by atoms with van der Waals surface area (Å²) in [4.78, 5) is 31.9. The molecule has 3 unspecified atom stereocenters. The van der Waals surface area contributed by atoms with E-state index in [1.807, 2.05) is 32.0 Å². The van der Waals surface area contributed by atoms with Crippen LogP contribution < -0.4 is 5.73 Å². The third-order valence-electron chi connectivity index (χ3n) is 4.99. The molecule has 34 heavy (non-hydrogen) atoms. The quantitative estimate of drug-likeness (QED) is 0.293. The van der Waals surface area contributed by atoms with E-state index in [2.05, 4.69) is 20.0 Å². The second kappa shape index (κ2) is 11.4. The highest BCUT2D eigenvalue weighted by Gasteiger charge is 2.62. The molecule has 4 N–H and O–H groups in total. The van der Waals surface area contributed by atoms with E-state index in [0.29, 0.717) is 12.2 Å². The van der Waals surface area contributed by atoms with Gasteiger partial charge in [-0.25, -0.2) is 14.4 Å². The van der Waals surface area contributed by atoms with Crippen molar-refractivity contribution in [3.63, 3.8) is 0 Å². The number of benzene rings is 1. The smallest absolute Gasteiger partial charge is 0.257 e. The molecule has 1 fully saturated rings. The van der Waals surface area contributed by atoms with Crippen molar-refractivity contribution in [1.29, 1.82) is 0 Å². The third-order valence-corrected chi connectivity index (χ3v) is 5.78. The van der Waals surface area contributed by atoms with Crippen LogP contribution in [0.4, 0.5) is 10.3 Å². The highest BCUT2D eigenvalue weighted by molar-refractivity contribution is 7.97. The fourth-order valence-electron chi connectivity index (χ4n) is 3.52. The molecule has 1 saturated heterocycles. The lowest BCUT2D eigenvalue weighted by Crippen LogP contribution is -2.46. The molecule has 0 radical (unpaired) electrons. The second-order valence-corrected chi connectivity index (χ2v) is 8.51. The Labute approximate surface area is 202 Å². The van der Waals surface area contributed by atoms with Gasteiger partial charge in [0.15, 0.2) is 17.1 Å². The number of hydrogen-bond donors (Lipinski definition) is 1. The molecule has 4 rings (SSSR count). The van der Waals surface area contributed by atoms with Gasteiger partial charge >= 0.3 is 0 Å². The van der Waals surface area contributed by atoms with Crippen molar-refractivity contribution in [3.8, 4) is 0 Å². The Kier molecular flexibility index (Phi) is 9.07. The Hall–Kier alpha value is -3.09. The van der Waals surface area contributed by atoms with Crippen LogP contribution in [-0.4, -0.2) is 67.6 Å². The summed E-state index contributed by atoms with van der Waals surface area (Å²) in [5.74, 6) is 0.228. The lowest BCUT2D eigenvalue weighted by atomic mass is 10.1. The number of halogens is 1. The van der Waals surface area contributed by atoms with E-state index in [0.717, 1.165) is 17.5 Å². The highest BCUT2D eigenvalue weighted by atomic mass is 32.2. The number of amides is 1. The van der Waals surface area contributed by atoms with Crippen LogP contribution in [0.5, 0.6) is 0 Å². The Balaban J connectivity index is 0.00000133. The maximum absolute atomic E-state index is 13.4. The van der Waals surface area contributed by atoms with Gasteiger partial charge < -0.3 is 15.9 Å². The Morgan fingerprint density at radius 3 is 2.47 bits per heavy atom. The minimum absolute atomic E-state index is 0. The monoisotopic (exact) mass is 491 g/mol. The summed E-state index contributed by atoms with van der Waals surface area (Å²) in [6.45, 7) is 7.57. The van der Waals surface area contributed by atoms with Crippen LogP contribution in [0.2, 0.25) is 0 Å². The molecule has 2 aliphatic heterocycles. The molecule has 10 nitrogen and oxygen atoms in total. The van der Waals surface area contributed by atoms with Gasteiger partial charge in [-0.15, -0.1) is 0 Å². The summed E-state index contributed by atoms with van der Waals surface area (Å²) in [6.07, 6.45) is 3.10. The largest absolute Gasteiger partial charge is 0.412 e. The molecule has 0 aliphatic carbocycles. The maximum Gasteiger partial charge on any atom is 0.257 e. The lowest BCUT2D eigenvalue weighted by Gasteiger charge is -2.29. The van der Waals surface area contributed by atoms with Crippen molar-refractivity contribution in [2.24, 2.45) is 15.7 Å². The highest BCUT2D eigenvalue weighted by Crippen LogP contribution is 2.50. The average molecular weight is 492 g/mol. The number of nitrogens with two attached hydrogens (primary N) is 1. The summed E-state index contributed by atoms with van der Waals surface area (Å²) < 4.78 is 20.6. The summed E-state index contributed by atoms with van der Waals surface area (Å²) in [7, 11) is 1.60. The molecule has 1 aromatic heterocycles. The van der Waals surface area contributed by atoms with Crippen LogP contribution in [0, 0.1) is 0 Å². The average Bonchev–Trinajstić information content (AvgIpc) is 3.57. The van der Waals surface area contributed by atoms with E-state index >= 15 is 0 Å². The van der Waals surface area contributed by atoms with E-state index in [1.54, 1.807) is 43.4 Å². The molecule has 0 saturated carbocycles. The molecule has 184 valence electrons. The van der Waals surface area contributed by atoms with Gasteiger partial charge in [-0.2, -0.15) is 9.98 Å². The summed E-state index contributed by atoms with van der Waals surface area (Å²) in [5, 5.41) is 0. The summed E-state index contributed by atoms with van der Waals surface area (Å²) in [5.41, 5.74) is 5.47. The van der Waals surface area contributed by atoms with Crippen molar-refractivity contribution in [1.82, 2.24) is 19.2 Å². The maximum atomic E-state index is 13.4. The first-order valence-corrected chi connectivity index (χ1v) is 11.5. The lowest BCUT2D eigenvalue weighted by molar-refractivity contribution is 0.0478. The first-order chi connectivity index (χ1) is 15.8. The number of epoxide rings is 1. The van der Waals surface area contributed by atoms with Gasteiger partial charge in [-0.3, -0.25) is 14.0 Å². The number of ether oxygens (including phenoxy) is 1. The number of carbonyl (C=O) groups is 1. The molecular weight excluding hydrogens is 461 g/mol. The molecule has 2 aliphatic rings. The van der Waals surface area contributed by atoms with Gasteiger partial charge in [0.25, 0.3) is 11.9 Å². The molecule has 3 atom stereocenters. The number of guanidine groups is 1. The SMILES string of the molecule is CC.CC(F)SN(C)C(N)=N/C(=N/c1ncccn1)C(C)N1C(=O)c2ccccc2C12CO2.O. The zero-order valence-electron chi connectivity index (χ0n) is 19.8. The zero-order valence-corrected chi connectivity index (χ0v) is 20.6. The first kappa shape index (κ1) is 27.2. The number of hydrogen-bond acceptors (Lipinski definition) is 6. The van der Waals surface area contributed by atoms with Gasteiger partial charge in [-0.05, 0) is 37.9 Å². The number of fused-ring (bicyclic) bond motifs is 2. The van der Waals surface area contributed by atoms with Crippen molar-refractivity contribution >= 4 is 35.6 Å². The van der Waals surface area contributed by atoms with Gasteiger partial charge in [-0.1, -0.05) is 32.0 Å². The molecule has 12 heteroatoms. The number of carbonyl (C=O) groups excluding carboxylic acids is 1. The van der Waals surface area contributed by atoms with E-state index in [4.69, 9.17) is 10.5 Å². The predicted octanol–water partition coefficient (Wildman–Crippen LogP) is 2.65. The number of rotatable bonds is 5. The fourth-order valence-corrected chi connectivity index (χ4v) is 4.11. The van der Waals surface area contributed by atoms with Crippen LogP contribution in [0.25, 0.3) is 0 Å². The fraction of sp³-hybridized carbons (Fsp3) is 0.409. The predicted molar refractivity (Wildman–Crippen MR) is 131 cm³/mol. The van der Waals surface area contributed by atoms with E-state index in [-0.39, 0.29) is 29.1 Å². The topological polar surface area (TPSA) is 144 Å². The number of alkyl halides is 1. The van der Waals surface area contributed by atoms with Crippen LogP contribution in [-0.2, 0) is 10.5 Å². The third kappa shape index (κ3) is 5.34. The van der Waals surface area contributed by atoms with Gasteiger partial charge in [0.05, 0.1) is 6.04 Å². The van der Waals surface area contributed by atoms with E-state index in [9.17, 15) is 9.18 Å². The van der Waals surface area contributed by atoms with E-state index in [1.165, 1.54) is 11.2 Å². The Morgan fingerprint density at radius 2 is 1.88 bits per heavy atom. The standard InChI is InChI=1S/C20H22FN7O2S.C2H6.H2O/c1-12(28-17(29)14-7-4-5-8-15(14)20(28)11-30-20)16(26-19-23-9-6-10-24-19)25-18(22)27(3)31-13(2)21;1-2;/h4-10,12-13H,11H2,1-3H3,(H2,22,23,24,25,26);1-2H3;1H2. The molecule has 3 heterocycles. The second-order valence-electron chi connectivity index (χ2n) is 7.10. The molecule has 2 aromatic rings. The van der Waals surface area contributed by atoms with Crippen LogP contribution in [0.3, 0.4) is 0 Å². The molecule has 0 bridgehead atoms. The minimum Gasteiger partial charge on any atom is -0.412 e. The molecule has 1 spiro atoms. The number of aliphatic imine (C=N–C) groups is 2. The Morgan fingerprint density at radius 1 is 1.26 bits per heavy atom. The van der Waals surface area contributed by atoms with Gasteiger partial charge in [0, 0.05) is 30.6 Å². The number of amidine groups is 1. The zero-order chi connectivity index (χ0) is 24.2. The van der Waals surface area contributed by atoms with Crippen LogP contribution in [0.1, 0.15) is 43.6 Å². The Bertz CT molecular complexity index is 1050. The van der Waals surface area contributed by atoms with Gasteiger partial charge in [0.2, 0.25) is 5.96 Å². The summed E-state index contributed by atoms with van der Waals surface area (Å²) in [6, 6.07) is 8.39. The van der Waals surface area contributed by atoms with Crippen molar-refractivity contribution in [2.45, 2.75) is 45.0 Å². The van der Waals surface area contributed by atoms with Crippen LogP contribution >= 0.6 is 11.9 Å². The van der Waals surface area contributed by atoms with Crippen LogP contribution in [0.15, 0.2) is 52.7 Å². The van der Waals surface area contributed by atoms with Crippen molar-refractivity contribution in [3.05, 3.63) is 53.9 Å². The van der Waals surface area contributed by atoms with Crippen molar-refractivity contribution < 1.29 is 19.4 Å². The summed E-state index contributed by atoms with van der Waals surface area (Å²) >= 11 is 0.877. The molecule has 1 aromatic carbocycles. The number of aromatic nitrogens is 2.